The third-order valence-electron chi connectivity index (χ3n) is 3.59. The summed E-state index contributed by atoms with van der Waals surface area (Å²) in [5.41, 5.74) is 3.13. The Hall–Kier alpha value is -1.71. The van der Waals surface area contributed by atoms with Gasteiger partial charge in [-0.05, 0) is 43.0 Å². The second-order valence-corrected chi connectivity index (χ2v) is 5.14. The molecule has 0 saturated carbocycles. The number of carboxylic acids is 1. The number of aliphatic carboxylic acids is 1. The fraction of sp³-hybridized carbons (Fsp3) is 0.533. The van der Waals surface area contributed by atoms with Crippen LogP contribution >= 0.6 is 0 Å². The predicted octanol–water partition coefficient (Wildman–Crippen LogP) is 3.08. The van der Waals surface area contributed by atoms with E-state index in [1.807, 2.05) is 39.8 Å². The van der Waals surface area contributed by atoms with Crippen molar-refractivity contribution < 1.29 is 14.6 Å². The minimum Gasteiger partial charge on any atom is -0.496 e. The van der Waals surface area contributed by atoms with Gasteiger partial charge in [0.2, 0.25) is 0 Å². The topological polar surface area (TPSA) is 58.6 Å². The number of nitrogens with one attached hydrogen (secondary N) is 1. The number of methoxy groups -OCH3 is 1. The van der Waals surface area contributed by atoms with Crippen molar-refractivity contribution in [1.82, 2.24) is 0 Å². The van der Waals surface area contributed by atoms with E-state index in [2.05, 4.69) is 5.32 Å². The highest BCUT2D eigenvalue weighted by molar-refractivity contribution is 5.71. The molecule has 1 aromatic rings. The Morgan fingerprint density at radius 1 is 1.32 bits per heavy atom. The van der Waals surface area contributed by atoms with Crippen LogP contribution < -0.4 is 10.1 Å². The van der Waals surface area contributed by atoms with Gasteiger partial charge in [-0.2, -0.15) is 0 Å². The molecule has 1 rings (SSSR count). The van der Waals surface area contributed by atoms with E-state index in [9.17, 15) is 4.79 Å². The van der Waals surface area contributed by atoms with Crippen molar-refractivity contribution in [3.63, 3.8) is 0 Å². The molecule has 0 amide bonds. The quantitative estimate of drug-likeness (QED) is 0.830. The predicted molar refractivity (Wildman–Crippen MR) is 76.9 cm³/mol. The van der Waals surface area contributed by atoms with E-state index in [-0.39, 0.29) is 11.8 Å². The largest absolute Gasteiger partial charge is 0.496 e. The van der Waals surface area contributed by atoms with Gasteiger partial charge in [0.1, 0.15) is 5.75 Å². The number of anilines is 1. The van der Waals surface area contributed by atoms with Crippen molar-refractivity contribution in [2.24, 2.45) is 11.8 Å². The van der Waals surface area contributed by atoms with Crippen LogP contribution in [0.3, 0.4) is 0 Å². The Labute approximate surface area is 114 Å². The summed E-state index contributed by atoms with van der Waals surface area (Å²) in [6.07, 6.45) is 0. The third kappa shape index (κ3) is 3.63. The van der Waals surface area contributed by atoms with Gasteiger partial charge >= 0.3 is 5.97 Å². The zero-order valence-corrected chi connectivity index (χ0v) is 12.3. The first kappa shape index (κ1) is 15.3. The van der Waals surface area contributed by atoms with Crippen LogP contribution in [0, 0.1) is 25.7 Å². The smallest absolute Gasteiger partial charge is 0.308 e. The first-order valence-corrected chi connectivity index (χ1v) is 6.49. The van der Waals surface area contributed by atoms with E-state index in [0.717, 1.165) is 22.6 Å². The number of hydrogen-bond donors (Lipinski definition) is 2. The number of benzene rings is 1. The molecule has 0 bridgehead atoms. The lowest BCUT2D eigenvalue weighted by Crippen LogP contribution is -2.27. The molecule has 0 aliphatic rings. The van der Waals surface area contributed by atoms with E-state index < -0.39 is 5.97 Å². The molecule has 0 aliphatic carbocycles. The second-order valence-electron chi connectivity index (χ2n) is 5.14. The van der Waals surface area contributed by atoms with Crippen molar-refractivity contribution >= 4 is 11.7 Å². The molecule has 4 heteroatoms. The first-order valence-electron chi connectivity index (χ1n) is 6.49. The van der Waals surface area contributed by atoms with Gasteiger partial charge in [0.25, 0.3) is 0 Å². The molecule has 0 fully saturated rings. The average molecular weight is 265 g/mol. The van der Waals surface area contributed by atoms with Crippen LogP contribution in [0.15, 0.2) is 12.1 Å². The van der Waals surface area contributed by atoms with Gasteiger partial charge in [-0.3, -0.25) is 4.79 Å². The van der Waals surface area contributed by atoms with Crippen LogP contribution in [0.5, 0.6) is 5.75 Å². The van der Waals surface area contributed by atoms with Crippen molar-refractivity contribution in [1.29, 1.82) is 0 Å². The first-order chi connectivity index (χ1) is 8.88. The molecule has 106 valence electrons. The Morgan fingerprint density at radius 2 is 1.95 bits per heavy atom. The molecular formula is C15H23NO3. The van der Waals surface area contributed by atoms with Gasteiger partial charge in [0, 0.05) is 12.2 Å². The lowest BCUT2D eigenvalue weighted by Gasteiger charge is -2.19. The fourth-order valence-corrected chi connectivity index (χ4v) is 2.04. The third-order valence-corrected chi connectivity index (χ3v) is 3.59. The molecule has 4 nitrogen and oxygen atoms in total. The molecule has 2 N–H and O–H groups in total. The van der Waals surface area contributed by atoms with Gasteiger partial charge in [0.15, 0.2) is 0 Å². The molecule has 0 aromatic heterocycles. The molecular weight excluding hydrogens is 242 g/mol. The summed E-state index contributed by atoms with van der Waals surface area (Å²) in [6, 6.07) is 3.83. The van der Waals surface area contributed by atoms with E-state index in [1.54, 1.807) is 7.11 Å². The fourth-order valence-electron chi connectivity index (χ4n) is 2.04. The lowest BCUT2D eigenvalue weighted by molar-refractivity contribution is -0.142. The van der Waals surface area contributed by atoms with Crippen LogP contribution in [-0.2, 0) is 4.79 Å². The number of carboxylic acid groups (broad SMARTS) is 1. The summed E-state index contributed by atoms with van der Waals surface area (Å²) < 4.78 is 5.26. The van der Waals surface area contributed by atoms with Crippen LogP contribution in [0.2, 0.25) is 0 Å². The minimum atomic E-state index is -0.759. The SMILES string of the molecule is COc1ccc(NCC(C(=O)O)C(C)C)c(C)c1C. The Bertz CT molecular complexity index is 455. The summed E-state index contributed by atoms with van der Waals surface area (Å²) >= 11 is 0. The zero-order valence-electron chi connectivity index (χ0n) is 12.3. The molecule has 0 aliphatic heterocycles. The second kappa shape index (κ2) is 6.45. The number of carbonyl (C=O) groups is 1. The molecule has 0 heterocycles. The van der Waals surface area contributed by atoms with Crippen molar-refractivity contribution in [2.45, 2.75) is 27.7 Å². The molecule has 1 unspecified atom stereocenters. The van der Waals surface area contributed by atoms with E-state index in [4.69, 9.17) is 9.84 Å². The van der Waals surface area contributed by atoms with Crippen LogP contribution in [0.1, 0.15) is 25.0 Å². The Kier molecular flexibility index (Phi) is 5.21. The maximum atomic E-state index is 11.2. The Balaban J connectivity index is 2.83. The summed E-state index contributed by atoms with van der Waals surface area (Å²) in [6.45, 7) is 8.28. The van der Waals surface area contributed by atoms with Crippen LogP contribution in [-0.4, -0.2) is 24.7 Å². The summed E-state index contributed by atoms with van der Waals surface area (Å²) in [5, 5.41) is 12.4. The van der Waals surface area contributed by atoms with Gasteiger partial charge in [-0.25, -0.2) is 0 Å². The summed E-state index contributed by atoms with van der Waals surface area (Å²) in [7, 11) is 1.65. The van der Waals surface area contributed by atoms with Crippen molar-refractivity contribution in [2.75, 3.05) is 19.0 Å². The van der Waals surface area contributed by atoms with Gasteiger partial charge in [0.05, 0.1) is 13.0 Å². The minimum absolute atomic E-state index is 0.102. The highest BCUT2D eigenvalue weighted by atomic mass is 16.5. The van der Waals surface area contributed by atoms with Crippen molar-refractivity contribution in [3.05, 3.63) is 23.3 Å². The number of hydrogen-bond acceptors (Lipinski definition) is 3. The molecule has 19 heavy (non-hydrogen) atoms. The number of ether oxygens (including phenoxy) is 1. The summed E-state index contributed by atoms with van der Waals surface area (Å²) in [5.74, 6) is -0.196. The maximum Gasteiger partial charge on any atom is 0.308 e. The van der Waals surface area contributed by atoms with Gasteiger partial charge < -0.3 is 15.2 Å². The van der Waals surface area contributed by atoms with Crippen LogP contribution in [0.25, 0.3) is 0 Å². The van der Waals surface area contributed by atoms with E-state index >= 15 is 0 Å². The monoisotopic (exact) mass is 265 g/mol. The lowest BCUT2D eigenvalue weighted by atomic mass is 9.95. The van der Waals surface area contributed by atoms with E-state index in [0.29, 0.717) is 6.54 Å². The van der Waals surface area contributed by atoms with Gasteiger partial charge in [-0.15, -0.1) is 0 Å². The molecule has 0 saturated heterocycles. The maximum absolute atomic E-state index is 11.2. The van der Waals surface area contributed by atoms with Crippen molar-refractivity contribution in [3.8, 4) is 5.75 Å². The summed E-state index contributed by atoms with van der Waals surface area (Å²) in [4.78, 5) is 11.2. The van der Waals surface area contributed by atoms with Crippen LogP contribution in [0.4, 0.5) is 5.69 Å². The average Bonchev–Trinajstić information content (AvgIpc) is 2.34. The molecule has 1 atom stereocenters. The molecule has 0 radical (unpaired) electrons. The molecule has 1 aromatic carbocycles. The number of rotatable bonds is 6. The van der Waals surface area contributed by atoms with E-state index in [1.165, 1.54) is 0 Å². The normalized spacial score (nSPS) is 12.3. The van der Waals surface area contributed by atoms with Gasteiger partial charge in [-0.1, -0.05) is 13.8 Å². The highest BCUT2D eigenvalue weighted by Crippen LogP contribution is 2.27. The highest BCUT2D eigenvalue weighted by Gasteiger charge is 2.21. The zero-order chi connectivity index (χ0) is 14.6. The standard InChI is InChI=1S/C15H23NO3/c1-9(2)12(15(17)18)8-16-13-6-7-14(19-5)11(4)10(13)3/h6-7,9,12,16H,8H2,1-5H3,(H,17,18). The Morgan fingerprint density at radius 3 is 2.42 bits per heavy atom. The molecule has 0 spiro atoms.